The van der Waals surface area contributed by atoms with E-state index >= 15 is 0 Å². The van der Waals surface area contributed by atoms with Crippen molar-refractivity contribution in [3.8, 4) is 11.3 Å². The minimum atomic E-state index is -0.505. The van der Waals surface area contributed by atoms with Gasteiger partial charge in [0.15, 0.2) is 5.82 Å². The summed E-state index contributed by atoms with van der Waals surface area (Å²) < 4.78 is 0. The lowest BCUT2D eigenvalue weighted by Gasteiger charge is -2.19. The van der Waals surface area contributed by atoms with Gasteiger partial charge in [-0.1, -0.05) is 68.8 Å². The van der Waals surface area contributed by atoms with Crippen molar-refractivity contribution < 1.29 is 4.79 Å². The van der Waals surface area contributed by atoms with Gasteiger partial charge in [0.2, 0.25) is 5.91 Å². The van der Waals surface area contributed by atoms with Crippen molar-refractivity contribution in [1.29, 1.82) is 0 Å². The molecule has 29 heavy (non-hydrogen) atoms. The second-order valence-electron chi connectivity index (χ2n) is 8.69. The Kier molecular flexibility index (Phi) is 5.83. The largest absolute Gasteiger partial charge is 0.309 e. The van der Waals surface area contributed by atoms with Crippen LogP contribution in [0.2, 0.25) is 0 Å². The molecule has 1 heterocycles. The van der Waals surface area contributed by atoms with Gasteiger partial charge in [0.05, 0.1) is 17.6 Å². The van der Waals surface area contributed by atoms with E-state index in [9.17, 15) is 4.79 Å². The summed E-state index contributed by atoms with van der Waals surface area (Å²) >= 11 is 0. The van der Waals surface area contributed by atoms with E-state index in [2.05, 4.69) is 55.3 Å². The Bertz CT molecular complexity index is 1010. The summed E-state index contributed by atoms with van der Waals surface area (Å²) in [6.45, 7) is 12.0. The molecule has 1 amide bonds. The Balaban J connectivity index is 2.08. The molecule has 4 nitrogen and oxygen atoms in total. The molecule has 0 fully saturated rings. The highest BCUT2D eigenvalue weighted by Crippen LogP contribution is 2.29. The number of rotatable bonds is 4. The van der Waals surface area contributed by atoms with E-state index in [0.29, 0.717) is 12.2 Å². The molecule has 0 bridgehead atoms. The molecule has 0 saturated carbocycles. The first-order valence-electron chi connectivity index (χ1n) is 9.94. The number of amides is 1. The second-order valence-corrected chi connectivity index (χ2v) is 8.69. The number of aryl methyl sites for hydroxylation is 3. The van der Waals surface area contributed by atoms with Crippen LogP contribution >= 0.6 is 0 Å². The van der Waals surface area contributed by atoms with Crippen LogP contribution in [0, 0.1) is 26.2 Å². The maximum absolute atomic E-state index is 12.6. The van der Waals surface area contributed by atoms with Crippen molar-refractivity contribution in [2.45, 2.75) is 48.0 Å². The summed E-state index contributed by atoms with van der Waals surface area (Å²) in [5.74, 6) is 0.455. The van der Waals surface area contributed by atoms with Crippen molar-refractivity contribution in [3.05, 3.63) is 76.6 Å². The molecule has 3 rings (SSSR count). The number of nitrogens with zero attached hydrogens (tertiary/aromatic N) is 2. The molecule has 2 aromatic carbocycles. The molecule has 0 aliphatic heterocycles. The minimum Gasteiger partial charge on any atom is -0.309 e. The number of nitrogens with one attached hydrogen (secondary N) is 1. The van der Waals surface area contributed by atoms with Gasteiger partial charge in [0.25, 0.3) is 0 Å². The van der Waals surface area contributed by atoms with Crippen LogP contribution in [0.15, 0.2) is 48.7 Å². The molecule has 4 heteroatoms. The molecular formula is C25H29N3O. The fraction of sp³-hybridized carbons (Fsp3) is 0.320. The third-order valence-electron chi connectivity index (χ3n) is 4.91. The van der Waals surface area contributed by atoms with E-state index < -0.39 is 5.41 Å². The number of hydrogen-bond donors (Lipinski definition) is 1. The van der Waals surface area contributed by atoms with Crippen molar-refractivity contribution in [2.24, 2.45) is 5.41 Å². The third kappa shape index (κ3) is 4.89. The van der Waals surface area contributed by atoms with E-state index in [1.807, 2.05) is 39.0 Å². The van der Waals surface area contributed by atoms with Gasteiger partial charge in [-0.05, 0) is 37.5 Å². The molecule has 0 radical (unpaired) electrons. The molecule has 1 N–H and O–H groups in total. The van der Waals surface area contributed by atoms with Gasteiger partial charge in [-0.3, -0.25) is 4.79 Å². The van der Waals surface area contributed by atoms with E-state index in [1.165, 1.54) is 16.7 Å². The SMILES string of the molecule is Cc1cc(C)c(-c2cnc(NC(=O)C(C)(C)C)c(Cc3ccccc3)n2)c(C)c1. The van der Waals surface area contributed by atoms with Gasteiger partial charge in [-0.15, -0.1) is 0 Å². The Hall–Kier alpha value is -3.01. The average Bonchev–Trinajstić information content (AvgIpc) is 2.63. The number of carbonyl (C=O) groups excluding carboxylic acids is 1. The van der Waals surface area contributed by atoms with Crippen molar-refractivity contribution >= 4 is 11.7 Å². The maximum atomic E-state index is 12.6. The quantitative estimate of drug-likeness (QED) is 0.630. The fourth-order valence-electron chi connectivity index (χ4n) is 3.44. The Morgan fingerprint density at radius 1 is 1.00 bits per heavy atom. The highest BCUT2D eigenvalue weighted by Gasteiger charge is 2.23. The molecule has 150 valence electrons. The highest BCUT2D eigenvalue weighted by atomic mass is 16.2. The predicted octanol–water partition coefficient (Wildman–Crippen LogP) is 5.64. The average molecular weight is 388 g/mol. The summed E-state index contributed by atoms with van der Waals surface area (Å²) in [7, 11) is 0. The molecule has 0 atom stereocenters. The van der Waals surface area contributed by atoms with Crippen LogP contribution in [-0.4, -0.2) is 15.9 Å². The lowest BCUT2D eigenvalue weighted by molar-refractivity contribution is -0.123. The van der Waals surface area contributed by atoms with Gasteiger partial charge >= 0.3 is 0 Å². The molecule has 0 aliphatic carbocycles. The zero-order valence-corrected chi connectivity index (χ0v) is 18.1. The van der Waals surface area contributed by atoms with Crippen molar-refractivity contribution in [3.63, 3.8) is 0 Å². The Labute approximate surface area is 173 Å². The minimum absolute atomic E-state index is 0.0726. The second kappa shape index (κ2) is 8.16. The standard InChI is InChI=1S/C25H29N3O/c1-16-12-17(2)22(18(3)13-16)21-15-26-23(28-24(29)25(4,5)6)20(27-21)14-19-10-8-7-9-11-19/h7-13,15H,14H2,1-6H3,(H,26,28,29). The van der Waals surface area contributed by atoms with Gasteiger partial charge in [0, 0.05) is 17.4 Å². The van der Waals surface area contributed by atoms with Gasteiger partial charge in [-0.25, -0.2) is 9.97 Å². The van der Waals surface area contributed by atoms with Crippen LogP contribution in [0.4, 0.5) is 5.82 Å². The van der Waals surface area contributed by atoms with Crippen LogP contribution in [0.1, 0.15) is 48.7 Å². The van der Waals surface area contributed by atoms with Crippen LogP contribution < -0.4 is 5.32 Å². The number of benzene rings is 2. The molecular weight excluding hydrogens is 358 g/mol. The van der Waals surface area contributed by atoms with Crippen LogP contribution in [0.3, 0.4) is 0 Å². The third-order valence-corrected chi connectivity index (χ3v) is 4.91. The smallest absolute Gasteiger partial charge is 0.230 e. The van der Waals surface area contributed by atoms with Crippen LogP contribution in [-0.2, 0) is 11.2 Å². The summed E-state index contributed by atoms with van der Waals surface area (Å²) in [5.41, 5.74) is 6.91. The van der Waals surface area contributed by atoms with E-state index in [1.54, 1.807) is 6.20 Å². The monoisotopic (exact) mass is 387 g/mol. The molecule has 0 unspecified atom stereocenters. The van der Waals surface area contributed by atoms with Gasteiger partial charge in [-0.2, -0.15) is 0 Å². The summed E-state index contributed by atoms with van der Waals surface area (Å²) in [5, 5.41) is 2.98. The summed E-state index contributed by atoms with van der Waals surface area (Å²) in [6.07, 6.45) is 2.36. The number of hydrogen-bond acceptors (Lipinski definition) is 3. The van der Waals surface area contributed by atoms with Crippen LogP contribution in [0.25, 0.3) is 11.3 Å². The Morgan fingerprint density at radius 2 is 1.62 bits per heavy atom. The highest BCUT2D eigenvalue weighted by molar-refractivity contribution is 5.94. The molecule has 0 aliphatic rings. The van der Waals surface area contributed by atoms with Gasteiger partial charge < -0.3 is 5.32 Å². The predicted molar refractivity (Wildman–Crippen MR) is 119 cm³/mol. The Morgan fingerprint density at radius 3 is 2.21 bits per heavy atom. The lowest BCUT2D eigenvalue weighted by Crippen LogP contribution is -2.28. The first kappa shape index (κ1) is 20.7. The summed E-state index contributed by atoms with van der Waals surface area (Å²) in [6, 6.07) is 14.5. The molecule has 0 spiro atoms. The number of carbonyl (C=O) groups is 1. The zero-order valence-electron chi connectivity index (χ0n) is 18.1. The van der Waals surface area contributed by atoms with Crippen molar-refractivity contribution in [2.75, 3.05) is 5.32 Å². The van der Waals surface area contributed by atoms with E-state index in [-0.39, 0.29) is 5.91 Å². The van der Waals surface area contributed by atoms with Crippen LogP contribution in [0.5, 0.6) is 0 Å². The first-order chi connectivity index (χ1) is 13.6. The normalized spacial score (nSPS) is 11.4. The fourth-order valence-corrected chi connectivity index (χ4v) is 3.44. The lowest BCUT2D eigenvalue weighted by atomic mass is 9.95. The van der Waals surface area contributed by atoms with E-state index in [0.717, 1.165) is 22.5 Å². The molecule has 0 saturated heterocycles. The van der Waals surface area contributed by atoms with Crippen molar-refractivity contribution in [1.82, 2.24) is 9.97 Å². The topological polar surface area (TPSA) is 54.9 Å². The molecule has 1 aromatic heterocycles. The number of anilines is 1. The zero-order chi connectivity index (χ0) is 21.2. The first-order valence-corrected chi connectivity index (χ1v) is 9.94. The van der Waals surface area contributed by atoms with E-state index in [4.69, 9.17) is 4.98 Å². The maximum Gasteiger partial charge on any atom is 0.230 e. The molecule has 3 aromatic rings. The number of aromatic nitrogens is 2. The van der Waals surface area contributed by atoms with Gasteiger partial charge in [0.1, 0.15) is 0 Å². The summed E-state index contributed by atoms with van der Waals surface area (Å²) in [4.78, 5) is 22.1.